The number of rotatable bonds is 3. The van der Waals surface area contributed by atoms with E-state index in [1.165, 1.54) is 23.8 Å². The number of benzene rings is 1. The molecule has 156 valence electrons. The van der Waals surface area contributed by atoms with Crippen molar-refractivity contribution in [2.75, 3.05) is 7.11 Å². The Bertz CT molecular complexity index is 1350. The number of hydrogen-bond donors (Lipinski definition) is 1. The van der Waals surface area contributed by atoms with E-state index in [1.54, 1.807) is 30.6 Å². The van der Waals surface area contributed by atoms with Crippen molar-refractivity contribution < 1.29 is 13.5 Å². The SMILES string of the molecule is COc1cc2c(cn1)-n1c(nc3ncccc3c1=O)[C@H](Cc1cc(F)cc(F)c1)NC2. The summed E-state index contributed by atoms with van der Waals surface area (Å²) >= 11 is 0. The normalized spacial score (nSPS) is 15.3. The highest BCUT2D eigenvalue weighted by atomic mass is 19.1. The quantitative estimate of drug-likeness (QED) is 0.548. The van der Waals surface area contributed by atoms with Crippen LogP contribution in [0.25, 0.3) is 16.7 Å². The van der Waals surface area contributed by atoms with Gasteiger partial charge in [-0.05, 0) is 41.8 Å². The van der Waals surface area contributed by atoms with Gasteiger partial charge in [-0.25, -0.2) is 23.7 Å². The predicted molar refractivity (Wildman–Crippen MR) is 109 cm³/mol. The third-order valence-corrected chi connectivity index (χ3v) is 5.27. The number of methoxy groups -OCH3 is 1. The summed E-state index contributed by atoms with van der Waals surface area (Å²) in [5.41, 5.74) is 1.81. The third kappa shape index (κ3) is 3.42. The number of fused-ring (bicyclic) bond motifs is 4. The molecule has 0 fully saturated rings. The topological polar surface area (TPSA) is 81.9 Å². The smallest absolute Gasteiger partial charge is 0.267 e. The van der Waals surface area contributed by atoms with Crippen LogP contribution in [0.1, 0.15) is 23.0 Å². The first-order valence-corrected chi connectivity index (χ1v) is 9.63. The second kappa shape index (κ2) is 7.51. The Morgan fingerprint density at radius 2 is 2.00 bits per heavy atom. The Morgan fingerprint density at radius 1 is 1.19 bits per heavy atom. The second-order valence-electron chi connectivity index (χ2n) is 7.26. The summed E-state index contributed by atoms with van der Waals surface area (Å²) in [5.74, 6) is -0.513. The molecule has 4 heterocycles. The summed E-state index contributed by atoms with van der Waals surface area (Å²) < 4.78 is 34.2. The number of aromatic nitrogens is 4. The Morgan fingerprint density at radius 3 is 2.77 bits per heavy atom. The van der Waals surface area contributed by atoms with Gasteiger partial charge >= 0.3 is 0 Å². The molecule has 0 spiro atoms. The van der Waals surface area contributed by atoms with E-state index in [9.17, 15) is 13.6 Å². The lowest BCUT2D eigenvalue weighted by Crippen LogP contribution is -2.29. The van der Waals surface area contributed by atoms with Crippen LogP contribution in [0.2, 0.25) is 0 Å². The maximum atomic E-state index is 13.8. The van der Waals surface area contributed by atoms with Gasteiger partial charge in [-0.15, -0.1) is 0 Å². The van der Waals surface area contributed by atoms with E-state index < -0.39 is 17.7 Å². The van der Waals surface area contributed by atoms with Gasteiger partial charge < -0.3 is 10.1 Å². The maximum Gasteiger partial charge on any atom is 0.267 e. The summed E-state index contributed by atoms with van der Waals surface area (Å²) in [6.45, 7) is 0.378. The first kappa shape index (κ1) is 19.3. The van der Waals surface area contributed by atoms with E-state index >= 15 is 0 Å². The number of pyridine rings is 2. The van der Waals surface area contributed by atoms with E-state index in [-0.39, 0.29) is 12.0 Å². The van der Waals surface area contributed by atoms with Gasteiger partial charge in [-0.1, -0.05) is 0 Å². The van der Waals surface area contributed by atoms with Crippen LogP contribution in [-0.2, 0) is 13.0 Å². The number of hydrogen-bond acceptors (Lipinski definition) is 6. The van der Waals surface area contributed by atoms with Crippen molar-refractivity contribution in [2.24, 2.45) is 0 Å². The van der Waals surface area contributed by atoms with Gasteiger partial charge in [0.25, 0.3) is 5.56 Å². The molecule has 1 aliphatic heterocycles. The lowest BCUT2D eigenvalue weighted by molar-refractivity contribution is 0.397. The van der Waals surface area contributed by atoms with E-state index in [2.05, 4.69) is 20.3 Å². The summed E-state index contributed by atoms with van der Waals surface area (Å²) in [4.78, 5) is 26.5. The highest BCUT2D eigenvalue weighted by molar-refractivity contribution is 5.74. The molecule has 0 unspecified atom stereocenters. The number of ether oxygens (including phenoxy) is 1. The van der Waals surface area contributed by atoms with Crippen molar-refractivity contribution in [1.82, 2.24) is 24.8 Å². The predicted octanol–water partition coefficient (Wildman–Crippen LogP) is 2.85. The zero-order chi connectivity index (χ0) is 21.5. The fourth-order valence-corrected chi connectivity index (χ4v) is 3.88. The Kier molecular flexibility index (Phi) is 4.67. The molecule has 7 nitrogen and oxygen atoms in total. The zero-order valence-corrected chi connectivity index (χ0v) is 16.5. The minimum absolute atomic E-state index is 0.220. The van der Waals surface area contributed by atoms with Gasteiger partial charge in [0.1, 0.15) is 17.5 Å². The monoisotopic (exact) mass is 421 g/mol. The zero-order valence-electron chi connectivity index (χ0n) is 16.5. The molecule has 5 rings (SSSR count). The minimum atomic E-state index is -0.661. The first-order chi connectivity index (χ1) is 15.0. The van der Waals surface area contributed by atoms with E-state index in [1.807, 2.05) is 0 Å². The molecule has 0 saturated carbocycles. The van der Waals surface area contributed by atoms with Crippen molar-refractivity contribution in [3.8, 4) is 11.6 Å². The molecule has 0 bridgehead atoms. The fraction of sp³-hybridized carbons (Fsp3) is 0.182. The molecule has 31 heavy (non-hydrogen) atoms. The van der Waals surface area contributed by atoms with Crippen LogP contribution in [0.3, 0.4) is 0 Å². The average molecular weight is 421 g/mol. The Labute approximate surface area is 175 Å². The van der Waals surface area contributed by atoms with Crippen LogP contribution in [0.15, 0.2) is 53.6 Å². The standard InChI is InChI=1S/C22H17F2N5O2/c1-31-19-8-13-10-26-17(7-12-5-14(23)9-15(24)6-12)21-28-20-16(3-2-4-25-20)22(30)29(21)18(13)11-27-19/h2-6,8-9,11,17,26H,7,10H2,1H3/t17-/m0/s1. The highest BCUT2D eigenvalue weighted by Crippen LogP contribution is 2.28. The van der Waals surface area contributed by atoms with Crippen LogP contribution < -0.4 is 15.6 Å². The molecule has 4 aromatic rings. The van der Waals surface area contributed by atoms with Gasteiger partial charge in [-0.2, -0.15) is 0 Å². The fourth-order valence-electron chi connectivity index (χ4n) is 3.88. The van der Waals surface area contributed by atoms with Crippen LogP contribution in [0.4, 0.5) is 8.78 Å². The number of halogens is 2. The van der Waals surface area contributed by atoms with Crippen molar-refractivity contribution >= 4 is 11.0 Å². The van der Waals surface area contributed by atoms with E-state index in [0.717, 1.165) is 11.6 Å². The summed E-state index contributed by atoms with van der Waals surface area (Å²) in [5, 5.41) is 3.71. The van der Waals surface area contributed by atoms with Gasteiger partial charge in [0.05, 0.1) is 30.4 Å². The first-order valence-electron chi connectivity index (χ1n) is 9.63. The molecule has 1 aliphatic rings. The van der Waals surface area contributed by atoms with Crippen molar-refractivity contribution in [1.29, 1.82) is 0 Å². The van der Waals surface area contributed by atoms with Gasteiger partial charge in [0.15, 0.2) is 5.65 Å². The van der Waals surface area contributed by atoms with Crippen LogP contribution in [0.5, 0.6) is 5.88 Å². The Hall–Kier alpha value is -3.72. The molecule has 0 saturated heterocycles. The summed E-state index contributed by atoms with van der Waals surface area (Å²) in [6.07, 6.45) is 3.35. The lowest BCUT2D eigenvalue weighted by Gasteiger charge is -2.19. The summed E-state index contributed by atoms with van der Waals surface area (Å²) in [6, 6.07) is 7.95. The molecule has 3 aromatic heterocycles. The molecule has 1 aromatic carbocycles. The lowest BCUT2D eigenvalue weighted by atomic mass is 10.0. The maximum absolute atomic E-state index is 13.8. The number of nitrogens with one attached hydrogen (secondary N) is 1. The largest absolute Gasteiger partial charge is 0.481 e. The molecule has 0 amide bonds. The Balaban J connectivity index is 1.73. The van der Waals surface area contributed by atoms with E-state index in [0.29, 0.717) is 40.5 Å². The van der Waals surface area contributed by atoms with E-state index in [4.69, 9.17) is 4.74 Å². The van der Waals surface area contributed by atoms with Gasteiger partial charge in [-0.3, -0.25) is 9.36 Å². The average Bonchev–Trinajstić information content (AvgIpc) is 2.90. The minimum Gasteiger partial charge on any atom is -0.481 e. The van der Waals surface area contributed by atoms with Crippen LogP contribution >= 0.6 is 0 Å². The van der Waals surface area contributed by atoms with Gasteiger partial charge in [0, 0.05) is 24.9 Å². The molecule has 0 radical (unpaired) electrons. The highest BCUT2D eigenvalue weighted by Gasteiger charge is 2.27. The van der Waals surface area contributed by atoms with Crippen molar-refractivity contribution in [3.63, 3.8) is 0 Å². The molecule has 0 aliphatic carbocycles. The molecule has 1 N–H and O–H groups in total. The van der Waals surface area contributed by atoms with Crippen molar-refractivity contribution in [2.45, 2.75) is 19.0 Å². The number of nitrogens with zero attached hydrogens (tertiary/aromatic N) is 4. The molecule has 1 atom stereocenters. The molecule has 9 heteroatoms. The van der Waals surface area contributed by atoms with Crippen LogP contribution in [0, 0.1) is 11.6 Å². The summed E-state index contributed by atoms with van der Waals surface area (Å²) in [7, 11) is 1.51. The van der Waals surface area contributed by atoms with Gasteiger partial charge in [0.2, 0.25) is 5.88 Å². The molecular weight excluding hydrogens is 404 g/mol. The van der Waals surface area contributed by atoms with Crippen LogP contribution in [-0.4, -0.2) is 26.6 Å². The molecular formula is C22H17F2N5O2. The third-order valence-electron chi connectivity index (χ3n) is 5.27. The second-order valence-corrected chi connectivity index (χ2v) is 7.26. The van der Waals surface area contributed by atoms with Crippen molar-refractivity contribution in [3.05, 3.63) is 87.7 Å².